The van der Waals surface area contributed by atoms with Crippen molar-refractivity contribution in [3.05, 3.63) is 94.2 Å². The van der Waals surface area contributed by atoms with Gasteiger partial charge in [-0.3, -0.25) is 4.79 Å². The molecule has 0 saturated carbocycles. The summed E-state index contributed by atoms with van der Waals surface area (Å²) >= 11 is 3.38. The van der Waals surface area contributed by atoms with Crippen molar-refractivity contribution in [1.82, 2.24) is 9.55 Å². The molecule has 0 aliphatic rings. The second kappa shape index (κ2) is 7.98. The summed E-state index contributed by atoms with van der Waals surface area (Å²) in [5, 5.41) is 2.95. The molecule has 1 N–H and O–H groups in total. The predicted octanol–water partition coefficient (Wildman–Crippen LogP) is 5.37. The Morgan fingerprint density at radius 3 is 2.50 bits per heavy atom. The lowest BCUT2D eigenvalue weighted by molar-refractivity contribution is 0.102. The molecule has 0 unspecified atom stereocenters. The number of aryl methyl sites for hydroxylation is 3. The number of fused-ring (bicyclic) bond motifs is 1. The minimum atomic E-state index is -0.132. The van der Waals surface area contributed by atoms with Gasteiger partial charge < -0.3 is 9.88 Å². The van der Waals surface area contributed by atoms with Gasteiger partial charge in [0.15, 0.2) is 0 Å². The van der Waals surface area contributed by atoms with E-state index in [1.54, 1.807) is 12.1 Å². The van der Waals surface area contributed by atoms with Crippen LogP contribution in [0.3, 0.4) is 0 Å². The fourth-order valence-electron chi connectivity index (χ4n) is 3.26. The van der Waals surface area contributed by atoms with Crippen molar-refractivity contribution in [1.29, 1.82) is 0 Å². The van der Waals surface area contributed by atoms with Gasteiger partial charge in [0, 0.05) is 29.2 Å². The first-order chi connectivity index (χ1) is 13.6. The number of anilines is 1. The molecule has 140 valence electrons. The molecule has 5 heteroatoms. The normalized spacial score (nSPS) is 10.9. The van der Waals surface area contributed by atoms with E-state index in [-0.39, 0.29) is 5.91 Å². The molecule has 4 aromatic rings. The largest absolute Gasteiger partial charge is 0.331 e. The van der Waals surface area contributed by atoms with Gasteiger partial charge in [0.05, 0.1) is 11.0 Å². The van der Waals surface area contributed by atoms with Gasteiger partial charge in [-0.05, 0) is 54.4 Å². The van der Waals surface area contributed by atoms with Gasteiger partial charge in [-0.2, -0.15) is 0 Å². The van der Waals surface area contributed by atoms with Crippen LogP contribution in [0.25, 0.3) is 11.0 Å². The number of aromatic nitrogens is 2. The number of hydrogen-bond donors (Lipinski definition) is 1. The Labute approximate surface area is 172 Å². The molecule has 0 spiro atoms. The lowest BCUT2D eigenvalue weighted by atomic mass is 10.1. The molecule has 0 radical (unpaired) electrons. The number of rotatable bonds is 5. The van der Waals surface area contributed by atoms with E-state index < -0.39 is 0 Å². The summed E-state index contributed by atoms with van der Waals surface area (Å²) in [7, 11) is 2.04. The average molecular weight is 434 g/mol. The first-order valence-corrected chi connectivity index (χ1v) is 9.95. The number of carbonyl (C=O) groups excluding carboxylic acids is 1. The first kappa shape index (κ1) is 18.4. The number of imidazole rings is 1. The van der Waals surface area contributed by atoms with Crippen molar-refractivity contribution in [2.75, 3.05) is 5.32 Å². The molecule has 4 rings (SSSR count). The Balaban J connectivity index is 1.52. The van der Waals surface area contributed by atoms with Gasteiger partial charge in [-0.1, -0.05) is 46.3 Å². The summed E-state index contributed by atoms with van der Waals surface area (Å²) in [6.45, 7) is 0. The van der Waals surface area contributed by atoms with Crippen LogP contribution in [0.2, 0.25) is 0 Å². The maximum absolute atomic E-state index is 12.4. The van der Waals surface area contributed by atoms with E-state index in [1.807, 2.05) is 43.4 Å². The quantitative estimate of drug-likeness (QED) is 0.459. The van der Waals surface area contributed by atoms with Crippen LogP contribution in [0, 0.1) is 0 Å². The third kappa shape index (κ3) is 3.99. The molecule has 0 aliphatic heterocycles. The number of nitrogens with one attached hydrogen (secondary N) is 1. The van der Waals surface area contributed by atoms with E-state index in [0.717, 1.165) is 39.9 Å². The Bertz CT molecular complexity index is 1120. The van der Waals surface area contributed by atoms with E-state index in [1.165, 1.54) is 5.56 Å². The topological polar surface area (TPSA) is 46.9 Å². The van der Waals surface area contributed by atoms with Crippen LogP contribution >= 0.6 is 15.9 Å². The average Bonchev–Trinajstić information content (AvgIpc) is 3.03. The van der Waals surface area contributed by atoms with Crippen LogP contribution in [-0.4, -0.2) is 15.5 Å². The Morgan fingerprint density at radius 2 is 1.75 bits per heavy atom. The zero-order valence-corrected chi connectivity index (χ0v) is 17.1. The standard InChI is InChI=1S/C23H20BrN3O/c1-27-21-13-12-19(25-23(28)17-8-10-18(24)11-9-17)15-20(21)26-22(27)14-7-16-5-3-2-4-6-16/h2-6,8-13,15H,7,14H2,1H3,(H,25,28). The number of halogens is 1. The molecule has 1 heterocycles. The maximum atomic E-state index is 12.4. The smallest absolute Gasteiger partial charge is 0.255 e. The SMILES string of the molecule is Cn1c(CCc2ccccc2)nc2cc(NC(=O)c3ccc(Br)cc3)ccc21. The summed E-state index contributed by atoms with van der Waals surface area (Å²) in [5.74, 6) is 0.905. The highest BCUT2D eigenvalue weighted by Crippen LogP contribution is 2.21. The molecule has 1 aromatic heterocycles. The van der Waals surface area contributed by atoms with Gasteiger partial charge in [-0.25, -0.2) is 4.98 Å². The van der Waals surface area contributed by atoms with Crippen LogP contribution < -0.4 is 5.32 Å². The Kier molecular flexibility index (Phi) is 5.26. The van der Waals surface area contributed by atoms with Crippen LogP contribution in [0.5, 0.6) is 0 Å². The number of hydrogen-bond acceptors (Lipinski definition) is 2. The lowest BCUT2D eigenvalue weighted by Crippen LogP contribution is -2.11. The number of benzene rings is 3. The summed E-state index contributed by atoms with van der Waals surface area (Å²) in [4.78, 5) is 17.2. The van der Waals surface area contributed by atoms with E-state index in [2.05, 4.69) is 50.1 Å². The van der Waals surface area contributed by atoms with Crippen molar-refractivity contribution >= 4 is 38.6 Å². The summed E-state index contributed by atoms with van der Waals surface area (Å²) in [6.07, 6.45) is 1.82. The van der Waals surface area contributed by atoms with Crippen LogP contribution in [0.1, 0.15) is 21.7 Å². The Morgan fingerprint density at radius 1 is 1.00 bits per heavy atom. The molecule has 4 nitrogen and oxygen atoms in total. The second-order valence-corrected chi connectivity index (χ2v) is 7.65. The van der Waals surface area contributed by atoms with E-state index in [9.17, 15) is 4.79 Å². The van der Waals surface area contributed by atoms with E-state index in [4.69, 9.17) is 4.98 Å². The highest BCUT2D eigenvalue weighted by molar-refractivity contribution is 9.10. The van der Waals surface area contributed by atoms with Gasteiger partial charge in [-0.15, -0.1) is 0 Å². The molecular formula is C23H20BrN3O. The third-order valence-corrected chi connectivity index (χ3v) is 5.35. The van der Waals surface area contributed by atoms with Crippen molar-refractivity contribution < 1.29 is 4.79 Å². The van der Waals surface area contributed by atoms with Crippen molar-refractivity contribution in [2.24, 2.45) is 7.05 Å². The van der Waals surface area contributed by atoms with Crippen LogP contribution in [0.4, 0.5) is 5.69 Å². The van der Waals surface area contributed by atoms with Crippen LogP contribution in [0.15, 0.2) is 77.3 Å². The second-order valence-electron chi connectivity index (χ2n) is 6.74. The van der Waals surface area contributed by atoms with E-state index in [0.29, 0.717) is 5.56 Å². The fourth-order valence-corrected chi connectivity index (χ4v) is 3.52. The first-order valence-electron chi connectivity index (χ1n) is 9.16. The van der Waals surface area contributed by atoms with Gasteiger partial charge in [0.2, 0.25) is 0 Å². The van der Waals surface area contributed by atoms with Gasteiger partial charge in [0.1, 0.15) is 5.82 Å². The number of amides is 1. The number of carbonyl (C=O) groups is 1. The van der Waals surface area contributed by atoms with Gasteiger partial charge in [0.25, 0.3) is 5.91 Å². The highest BCUT2D eigenvalue weighted by atomic mass is 79.9. The van der Waals surface area contributed by atoms with Crippen molar-refractivity contribution in [3.63, 3.8) is 0 Å². The summed E-state index contributed by atoms with van der Waals surface area (Å²) in [6, 6.07) is 23.6. The zero-order chi connectivity index (χ0) is 19.5. The lowest BCUT2D eigenvalue weighted by Gasteiger charge is -2.06. The molecular weight excluding hydrogens is 414 g/mol. The monoisotopic (exact) mass is 433 g/mol. The zero-order valence-electron chi connectivity index (χ0n) is 15.5. The molecule has 0 aliphatic carbocycles. The minimum absolute atomic E-state index is 0.132. The molecule has 1 amide bonds. The molecule has 28 heavy (non-hydrogen) atoms. The molecule has 3 aromatic carbocycles. The van der Waals surface area contributed by atoms with Crippen LogP contribution in [-0.2, 0) is 19.9 Å². The third-order valence-electron chi connectivity index (χ3n) is 4.82. The van der Waals surface area contributed by atoms with Gasteiger partial charge >= 0.3 is 0 Å². The fraction of sp³-hybridized carbons (Fsp3) is 0.130. The van der Waals surface area contributed by atoms with Crippen molar-refractivity contribution in [2.45, 2.75) is 12.8 Å². The predicted molar refractivity (Wildman–Crippen MR) is 117 cm³/mol. The minimum Gasteiger partial charge on any atom is -0.331 e. The molecule has 0 saturated heterocycles. The summed E-state index contributed by atoms with van der Waals surface area (Å²) < 4.78 is 3.07. The van der Waals surface area contributed by atoms with E-state index >= 15 is 0 Å². The molecule has 0 bridgehead atoms. The molecule has 0 atom stereocenters. The highest BCUT2D eigenvalue weighted by Gasteiger charge is 2.11. The summed E-state index contributed by atoms with van der Waals surface area (Å²) in [5.41, 5.74) is 4.61. The number of nitrogens with zero attached hydrogens (tertiary/aromatic N) is 2. The van der Waals surface area contributed by atoms with Crippen molar-refractivity contribution in [3.8, 4) is 0 Å². The molecule has 0 fully saturated rings. The maximum Gasteiger partial charge on any atom is 0.255 e. The Hall–Kier alpha value is -2.92.